The second-order valence-electron chi connectivity index (χ2n) is 5.25. The molecular weight excluding hydrogens is 394 g/mol. The number of benzene rings is 1. The number of rotatable bonds is 6. The van der Waals surface area contributed by atoms with Crippen molar-refractivity contribution in [2.75, 3.05) is 11.9 Å². The molecular formula is C15H18BrN5O2S. The molecule has 0 aliphatic carbocycles. The number of hydrogen-bond acceptors (Lipinski definition) is 4. The maximum absolute atomic E-state index is 10.6. The Morgan fingerprint density at radius 2 is 2.04 bits per heavy atom. The van der Waals surface area contributed by atoms with Crippen LogP contribution in [0.4, 0.5) is 11.4 Å². The third kappa shape index (κ3) is 4.75. The number of hydrogen-bond donors (Lipinski definition) is 2. The van der Waals surface area contributed by atoms with Crippen molar-refractivity contribution in [2.24, 2.45) is 0 Å². The Balaban J connectivity index is 1.75. The molecule has 0 fully saturated rings. The maximum Gasteiger partial charge on any atom is 0.269 e. The van der Waals surface area contributed by atoms with E-state index in [0.717, 1.165) is 28.8 Å². The van der Waals surface area contributed by atoms with Crippen molar-refractivity contribution in [2.45, 2.75) is 26.8 Å². The lowest BCUT2D eigenvalue weighted by atomic mass is 10.3. The highest BCUT2D eigenvalue weighted by Gasteiger charge is 2.08. The van der Waals surface area contributed by atoms with Crippen molar-refractivity contribution in [1.82, 2.24) is 15.1 Å². The van der Waals surface area contributed by atoms with Crippen LogP contribution in [0.5, 0.6) is 0 Å². The molecule has 7 nitrogen and oxygen atoms in total. The smallest absolute Gasteiger partial charge is 0.269 e. The molecule has 0 aliphatic rings. The predicted octanol–water partition coefficient (Wildman–Crippen LogP) is 3.55. The number of nitrogens with zero attached hydrogens (tertiary/aromatic N) is 3. The molecule has 0 aliphatic heterocycles. The molecule has 0 bridgehead atoms. The number of nitro groups is 1. The minimum Gasteiger partial charge on any atom is -0.362 e. The summed E-state index contributed by atoms with van der Waals surface area (Å²) in [6.07, 6.45) is 0.872. The van der Waals surface area contributed by atoms with Crippen LogP contribution in [0, 0.1) is 24.0 Å². The molecule has 0 unspecified atom stereocenters. The zero-order chi connectivity index (χ0) is 17.7. The monoisotopic (exact) mass is 411 g/mol. The summed E-state index contributed by atoms with van der Waals surface area (Å²) >= 11 is 8.73. The first kappa shape index (κ1) is 18.3. The molecule has 128 valence electrons. The van der Waals surface area contributed by atoms with Crippen LogP contribution in [-0.4, -0.2) is 26.4 Å². The number of aryl methyl sites for hydroxylation is 2. The molecule has 2 rings (SSSR count). The zero-order valence-electron chi connectivity index (χ0n) is 13.4. The summed E-state index contributed by atoms with van der Waals surface area (Å²) in [4.78, 5) is 10.2. The normalized spacial score (nSPS) is 10.5. The van der Waals surface area contributed by atoms with Crippen LogP contribution < -0.4 is 10.6 Å². The van der Waals surface area contributed by atoms with Gasteiger partial charge in [-0.2, -0.15) is 5.10 Å². The number of aromatic nitrogens is 2. The molecule has 24 heavy (non-hydrogen) atoms. The van der Waals surface area contributed by atoms with E-state index in [4.69, 9.17) is 12.2 Å². The van der Waals surface area contributed by atoms with Gasteiger partial charge in [-0.1, -0.05) is 0 Å². The fourth-order valence-corrected chi connectivity index (χ4v) is 2.67. The van der Waals surface area contributed by atoms with Crippen molar-refractivity contribution < 1.29 is 4.92 Å². The maximum atomic E-state index is 10.6. The molecule has 2 aromatic rings. The molecule has 0 amide bonds. The van der Waals surface area contributed by atoms with E-state index in [1.54, 1.807) is 12.1 Å². The summed E-state index contributed by atoms with van der Waals surface area (Å²) in [6, 6.07) is 6.12. The molecule has 0 atom stereocenters. The number of thiocarbonyl (C=S) groups is 1. The quantitative estimate of drug-likeness (QED) is 0.327. The van der Waals surface area contributed by atoms with Crippen LogP contribution in [0.2, 0.25) is 0 Å². The number of anilines is 1. The molecule has 1 aromatic carbocycles. The fourth-order valence-electron chi connectivity index (χ4n) is 2.17. The second kappa shape index (κ2) is 8.20. The van der Waals surface area contributed by atoms with Gasteiger partial charge in [0.05, 0.1) is 15.1 Å². The van der Waals surface area contributed by atoms with Crippen LogP contribution in [-0.2, 0) is 6.54 Å². The van der Waals surface area contributed by atoms with Crippen LogP contribution in [0.3, 0.4) is 0 Å². The van der Waals surface area contributed by atoms with E-state index < -0.39 is 4.92 Å². The van der Waals surface area contributed by atoms with Gasteiger partial charge in [0.1, 0.15) is 0 Å². The standard InChI is InChI=1S/C15H18BrN5O2S/c1-10-14(16)11(2)20(19-10)9-3-8-17-15(24)18-12-4-6-13(7-5-12)21(22)23/h4-7H,3,8-9H2,1-2H3,(H2,17,18,24). The molecule has 0 saturated carbocycles. The summed E-state index contributed by atoms with van der Waals surface area (Å²) in [5, 5.41) is 21.7. The number of nitro benzene ring substituents is 1. The van der Waals surface area contributed by atoms with E-state index in [1.807, 2.05) is 18.5 Å². The second-order valence-corrected chi connectivity index (χ2v) is 6.45. The van der Waals surface area contributed by atoms with Gasteiger partial charge in [-0.05, 0) is 60.5 Å². The van der Waals surface area contributed by atoms with E-state index >= 15 is 0 Å². The van der Waals surface area contributed by atoms with E-state index in [1.165, 1.54) is 12.1 Å². The minimum atomic E-state index is -0.433. The van der Waals surface area contributed by atoms with Crippen LogP contribution in [0.15, 0.2) is 28.7 Å². The minimum absolute atomic E-state index is 0.0514. The van der Waals surface area contributed by atoms with E-state index in [9.17, 15) is 10.1 Å². The highest BCUT2D eigenvalue weighted by atomic mass is 79.9. The largest absolute Gasteiger partial charge is 0.362 e. The fraction of sp³-hybridized carbons (Fsp3) is 0.333. The number of nitrogens with one attached hydrogen (secondary N) is 2. The van der Waals surface area contributed by atoms with Crippen molar-refractivity contribution in [3.05, 3.63) is 50.2 Å². The predicted molar refractivity (Wildman–Crippen MR) is 101 cm³/mol. The lowest BCUT2D eigenvalue weighted by molar-refractivity contribution is -0.384. The Bertz CT molecular complexity index is 745. The Morgan fingerprint density at radius 1 is 1.38 bits per heavy atom. The first-order valence-corrected chi connectivity index (χ1v) is 8.57. The van der Waals surface area contributed by atoms with E-state index in [2.05, 4.69) is 31.7 Å². The lowest BCUT2D eigenvalue weighted by Gasteiger charge is -2.11. The van der Waals surface area contributed by atoms with Gasteiger partial charge >= 0.3 is 0 Å². The van der Waals surface area contributed by atoms with Gasteiger partial charge in [-0.3, -0.25) is 14.8 Å². The first-order chi connectivity index (χ1) is 11.4. The first-order valence-electron chi connectivity index (χ1n) is 7.37. The van der Waals surface area contributed by atoms with Crippen LogP contribution in [0.1, 0.15) is 17.8 Å². The van der Waals surface area contributed by atoms with Gasteiger partial charge in [0.25, 0.3) is 5.69 Å². The van der Waals surface area contributed by atoms with Gasteiger partial charge < -0.3 is 10.6 Å². The van der Waals surface area contributed by atoms with Gasteiger partial charge in [0.15, 0.2) is 5.11 Å². The average molecular weight is 412 g/mol. The van der Waals surface area contributed by atoms with E-state index in [-0.39, 0.29) is 5.69 Å². The van der Waals surface area contributed by atoms with Gasteiger partial charge in [0.2, 0.25) is 0 Å². The Labute approximate surface area is 153 Å². The average Bonchev–Trinajstić information content (AvgIpc) is 2.79. The van der Waals surface area contributed by atoms with E-state index in [0.29, 0.717) is 17.3 Å². The molecule has 0 spiro atoms. The van der Waals surface area contributed by atoms with Gasteiger partial charge in [0, 0.05) is 36.6 Å². The molecule has 1 heterocycles. The van der Waals surface area contributed by atoms with Crippen molar-refractivity contribution >= 4 is 44.6 Å². The molecule has 0 saturated heterocycles. The van der Waals surface area contributed by atoms with Gasteiger partial charge in [-0.15, -0.1) is 0 Å². The molecule has 9 heteroatoms. The third-order valence-electron chi connectivity index (χ3n) is 3.46. The highest BCUT2D eigenvalue weighted by Crippen LogP contribution is 2.19. The lowest BCUT2D eigenvalue weighted by Crippen LogP contribution is -2.29. The topological polar surface area (TPSA) is 85.0 Å². The summed E-state index contributed by atoms with van der Waals surface area (Å²) < 4.78 is 3.01. The Kier molecular flexibility index (Phi) is 6.27. The van der Waals surface area contributed by atoms with Crippen LogP contribution in [0.25, 0.3) is 0 Å². The van der Waals surface area contributed by atoms with Crippen molar-refractivity contribution in [3.8, 4) is 0 Å². The number of halogens is 1. The summed E-state index contributed by atoms with van der Waals surface area (Å²) in [7, 11) is 0. The summed E-state index contributed by atoms with van der Waals surface area (Å²) in [6.45, 7) is 5.49. The van der Waals surface area contributed by atoms with Crippen LogP contribution >= 0.6 is 28.1 Å². The summed E-state index contributed by atoms with van der Waals surface area (Å²) in [5.41, 5.74) is 2.85. The SMILES string of the molecule is Cc1nn(CCCNC(=S)Nc2ccc([N+](=O)[O-])cc2)c(C)c1Br. The highest BCUT2D eigenvalue weighted by molar-refractivity contribution is 9.10. The third-order valence-corrected chi connectivity index (χ3v) is 4.86. The van der Waals surface area contributed by atoms with Crippen molar-refractivity contribution in [3.63, 3.8) is 0 Å². The molecule has 1 aromatic heterocycles. The number of non-ortho nitro benzene ring substituents is 1. The summed E-state index contributed by atoms with van der Waals surface area (Å²) in [5.74, 6) is 0. The zero-order valence-corrected chi connectivity index (χ0v) is 15.8. The Hall–Kier alpha value is -2.00. The van der Waals surface area contributed by atoms with Crippen molar-refractivity contribution in [1.29, 1.82) is 0 Å². The molecule has 2 N–H and O–H groups in total. The Morgan fingerprint density at radius 3 is 2.58 bits per heavy atom. The molecule has 0 radical (unpaired) electrons. The van der Waals surface area contributed by atoms with Gasteiger partial charge in [-0.25, -0.2) is 0 Å².